The number of hydrogen-bond donors (Lipinski definition) is 0. The number of halogens is 1. The van der Waals surface area contributed by atoms with Crippen LogP contribution in [0.3, 0.4) is 0 Å². The van der Waals surface area contributed by atoms with Crippen LogP contribution in [0.15, 0.2) is 24.3 Å². The molecule has 0 fully saturated rings. The molecule has 0 bridgehead atoms. The van der Waals surface area contributed by atoms with Crippen molar-refractivity contribution in [1.29, 1.82) is 0 Å². The monoisotopic (exact) mass is 293 g/mol. The van der Waals surface area contributed by atoms with E-state index in [-0.39, 0.29) is 17.4 Å². The fourth-order valence-corrected chi connectivity index (χ4v) is 1.74. The normalized spacial score (nSPS) is 10.7. The smallest absolute Gasteiger partial charge is 0.321 e. The second kappa shape index (κ2) is 6.52. The van der Waals surface area contributed by atoms with Crippen LogP contribution < -0.4 is 9.47 Å². The number of nitrogens with zero attached hydrogens (tertiary/aromatic N) is 3. The van der Waals surface area contributed by atoms with Crippen LogP contribution in [-0.4, -0.2) is 27.7 Å². The van der Waals surface area contributed by atoms with E-state index in [9.17, 15) is 0 Å². The van der Waals surface area contributed by atoms with Crippen LogP contribution in [0, 0.1) is 0 Å². The molecule has 0 aliphatic heterocycles. The average molecular weight is 294 g/mol. The van der Waals surface area contributed by atoms with E-state index >= 15 is 0 Å². The minimum atomic E-state index is -0.0263. The van der Waals surface area contributed by atoms with E-state index in [1.807, 2.05) is 45.0 Å². The Balaban J connectivity index is 2.29. The molecular weight excluding hydrogens is 278 g/mol. The van der Waals surface area contributed by atoms with Crippen LogP contribution in [0.4, 0.5) is 0 Å². The molecule has 6 heteroatoms. The summed E-state index contributed by atoms with van der Waals surface area (Å²) < 4.78 is 10.8. The summed E-state index contributed by atoms with van der Waals surface area (Å²) in [5.74, 6) is 1.28. The third-order valence-corrected chi connectivity index (χ3v) is 2.52. The third-order valence-electron chi connectivity index (χ3n) is 2.35. The van der Waals surface area contributed by atoms with Crippen molar-refractivity contribution in [1.82, 2.24) is 15.0 Å². The zero-order chi connectivity index (χ0) is 14.5. The van der Waals surface area contributed by atoms with Crippen molar-refractivity contribution >= 4 is 11.6 Å². The van der Waals surface area contributed by atoms with Gasteiger partial charge in [0.05, 0.1) is 12.7 Å². The van der Waals surface area contributed by atoms with E-state index < -0.39 is 0 Å². The van der Waals surface area contributed by atoms with E-state index in [1.54, 1.807) is 0 Å². The first kappa shape index (κ1) is 14.5. The number of aromatic nitrogens is 3. The fourth-order valence-electron chi connectivity index (χ4n) is 1.59. The van der Waals surface area contributed by atoms with Gasteiger partial charge in [0, 0.05) is 5.56 Å². The van der Waals surface area contributed by atoms with Crippen molar-refractivity contribution in [2.45, 2.75) is 26.9 Å². The Labute approximate surface area is 123 Å². The molecule has 0 unspecified atom stereocenters. The molecule has 2 rings (SSSR count). The summed E-state index contributed by atoms with van der Waals surface area (Å²) in [5.41, 5.74) is 0.825. The Hall–Kier alpha value is -1.88. The molecule has 0 radical (unpaired) electrons. The Morgan fingerprint density at radius 2 is 1.80 bits per heavy atom. The van der Waals surface area contributed by atoms with Gasteiger partial charge in [-0.15, -0.1) is 0 Å². The van der Waals surface area contributed by atoms with Crippen molar-refractivity contribution in [3.05, 3.63) is 29.5 Å². The maximum absolute atomic E-state index is 5.90. The molecule has 0 spiro atoms. The van der Waals surface area contributed by atoms with Crippen LogP contribution in [-0.2, 0) is 0 Å². The molecule has 0 N–H and O–H groups in total. The summed E-state index contributed by atoms with van der Waals surface area (Å²) in [5, 5.41) is 0.111. The molecule has 2 aromatic rings. The average Bonchev–Trinajstić information content (AvgIpc) is 2.38. The van der Waals surface area contributed by atoms with Gasteiger partial charge in [0.1, 0.15) is 5.75 Å². The van der Waals surface area contributed by atoms with Gasteiger partial charge in [-0.25, -0.2) is 0 Å². The quantitative estimate of drug-likeness (QED) is 0.846. The highest BCUT2D eigenvalue weighted by atomic mass is 35.5. The third kappa shape index (κ3) is 3.81. The van der Waals surface area contributed by atoms with Crippen molar-refractivity contribution < 1.29 is 9.47 Å². The highest BCUT2D eigenvalue weighted by Crippen LogP contribution is 2.22. The van der Waals surface area contributed by atoms with Gasteiger partial charge in [0.15, 0.2) is 5.82 Å². The summed E-state index contributed by atoms with van der Waals surface area (Å²) >= 11 is 5.90. The molecule has 5 nitrogen and oxygen atoms in total. The summed E-state index contributed by atoms with van der Waals surface area (Å²) in [6.45, 7) is 6.36. The van der Waals surface area contributed by atoms with E-state index in [0.717, 1.165) is 11.3 Å². The maximum Gasteiger partial charge on any atom is 0.321 e. The topological polar surface area (TPSA) is 57.1 Å². The van der Waals surface area contributed by atoms with Crippen LogP contribution in [0.2, 0.25) is 5.28 Å². The molecule has 0 aliphatic carbocycles. The Morgan fingerprint density at radius 3 is 2.40 bits per heavy atom. The lowest BCUT2D eigenvalue weighted by Gasteiger charge is -2.09. The fraction of sp³-hybridized carbons (Fsp3) is 0.357. The Kier molecular flexibility index (Phi) is 4.74. The minimum Gasteiger partial charge on any atom is -0.494 e. The number of rotatable bonds is 5. The van der Waals surface area contributed by atoms with Gasteiger partial charge in [-0.1, -0.05) is 0 Å². The summed E-state index contributed by atoms with van der Waals surface area (Å²) in [7, 11) is 0. The highest BCUT2D eigenvalue weighted by Gasteiger charge is 2.09. The first-order valence-corrected chi connectivity index (χ1v) is 6.77. The van der Waals surface area contributed by atoms with Gasteiger partial charge < -0.3 is 9.47 Å². The predicted molar refractivity (Wildman–Crippen MR) is 77.2 cm³/mol. The second-order valence-corrected chi connectivity index (χ2v) is 4.67. The highest BCUT2D eigenvalue weighted by molar-refractivity contribution is 6.28. The van der Waals surface area contributed by atoms with Crippen LogP contribution in [0.25, 0.3) is 11.4 Å². The molecule has 0 atom stereocenters. The van der Waals surface area contributed by atoms with Crippen molar-refractivity contribution in [2.75, 3.05) is 6.61 Å². The van der Waals surface area contributed by atoms with E-state index in [2.05, 4.69) is 15.0 Å². The second-order valence-electron chi connectivity index (χ2n) is 4.33. The largest absolute Gasteiger partial charge is 0.494 e. The van der Waals surface area contributed by atoms with Gasteiger partial charge >= 0.3 is 6.01 Å². The number of hydrogen-bond acceptors (Lipinski definition) is 5. The van der Waals surface area contributed by atoms with Crippen LogP contribution >= 0.6 is 11.6 Å². The molecule has 106 valence electrons. The van der Waals surface area contributed by atoms with Gasteiger partial charge in [-0.2, -0.15) is 15.0 Å². The van der Waals surface area contributed by atoms with Crippen LogP contribution in [0.5, 0.6) is 11.8 Å². The van der Waals surface area contributed by atoms with Gasteiger partial charge in [-0.3, -0.25) is 0 Å². The molecule has 20 heavy (non-hydrogen) atoms. The predicted octanol–water partition coefficient (Wildman–Crippen LogP) is 3.38. The Bertz CT molecular complexity index is 573. The van der Waals surface area contributed by atoms with Crippen molar-refractivity contribution in [3.63, 3.8) is 0 Å². The van der Waals surface area contributed by atoms with E-state index in [0.29, 0.717) is 12.4 Å². The van der Waals surface area contributed by atoms with Gasteiger partial charge in [-0.05, 0) is 56.6 Å². The van der Waals surface area contributed by atoms with Crippen molar-refractivity contribution in [2.24, 2.45) is 0 Å². The minimum absolute atomic E-state index is 0.0263. The molecule has 1 heterocycles. The van der Waals surface area contributed by atoms with E-state index in [1.165, 1.54) is 0 Å². The zero-order valence-electron chi connectivity index (χ0n) is 11.6. The molecule has 0 amide bonds. The lowest BCUT2D eigenvalue weighted by Crippen LogP contribution is -2.09. The molecular formula is C14H16ClN3O2. The van der Waals surface area contributed by atoms with Crippen LogP contribution in [0.1, 0.15) is 20.8 Å². The Morgan fingerprint density at radius 1 is 1.10 bits per heavy atom. The molecule has 0 saturated heterocycles. The summed E-state index contributed by atoms with van der Waals surface area (Å²) in [6.07, 6.45) is -0.0263. The molecule has 0 saturated carbocycles. The molecule has 0 aliphatic rings. The maximum atomic E-state index is 5.90. The number of benzene rings is 1. The van der Waals surface area contributed by atoms with Gasteiger partial charge in [0.2, 0.25) is 5.28 Å². The SMILES string of the molecule is CCOc1ccc(-c2nc(Cl)nc(OC(C)C)n2)cc1. The summed E-state index contributed by atoms with van der Waals surface area (Å²) in [4.78, 5) is 12.3. The molecule has 1 aromatic heterocycles. The summed E-state index contributed by atoms with van der Waals surface area (Å²) in [6, 6.07) is 7.69. The standard InChI is InChI=1S/C14H16ClN3O2/c1-4-19-11-7-5-10(6-8-11)12-16-13(15)18-14(17-12)20-9(2)3/h5-9H,4H2,1-3H3. The lowest BCUT2D eigenvalue weighted by atomic mass is 10.2. The number of ether oxygens (including phenoxy) is 2. The zero-order valence-corrected chi connectivity index (χ0v) is 12.4. The van der Waals surface area contributed by atoms with Crippen molar-refractivity contribution in [3.8, 4) is 23.1 Å². The van der Waals surface area contributed by atoms with Gasteiger partial charge in [0.25, 0.3) is 0 Å². The molecule has 1 aromatic carbocycles. The van der Waals surface area contributed by atoms with E-state index in [4.69, 9.17) is 21.1 Å². The first-order chi connectivity index (χ1) is 9.58. The first-order valence-electron chi connectivity index (χ1n) is 6.40. The lowest BCUT2D eigenvalue weighted by molar-refractivity contribution is 0.222.